The van der Waals surface area contributed by atoms with E-state index >= 15 is 0 Å². The van der Waals surface area contributed by atoms with E-state index < -0.39 is 0 Å². The highest BCUT2D eigenvalue weighted by molar-refractivity contribution is 5.30. The molecule has 0 aliphatic carbocycles. The van der Waals surface area contributed by atoms with Gasteiger partial charge in [-0.2, -0.15) is 0 Å². The fourth-order valence-corrected chi connectivity index (χ4v) is 1.23. The Morgan fingerprint density at radius 2 is 2.23 bits per heavy atom. The van der Waals surface area contributed by atoms with E-state index in [0.717, 1.165) is 11.1 Å². The van der Waals surface area contributed by atoms with Gasteiger partial charge in [-0.1, -0.05) is 25.1 Å². The van der Waals surface area contributed by atoms with Gasteiger partial charge in [0.1, 0.15) is 5.82 Å². The molecule has 0 aliphatic heterocycles. The number of hydrogen-bond donors (Lipinski definition) is 0. The van der Waals surface area contributed by atoms with Crippen LogP contribution in [0.5, 0.6) is 0 Å². The Balaban J connectivity index is 3.05. The van der Waals surface area contributed by atoms with Crippen LogP contribution in [0.15, 0.2) is 30.9 Å². The molecule has 0 saturated heterocycles. The molecule has 0 amide bonds. The van der Waals surface area contributed by atoms with Crippen molar-refractivity contribution in [1.29, 1.82) is 0 Å². The largest absolute Gasteiger partial charge is 0.207 e. The van der Waals surface area contributed by atoms with Crippen LogP contribution in [0.25, 0.3) is 0 Å². The minimum atomic E-state index is -0.137. The Kier molecular flexibility index (Phi) is 3.24. The van der Waals surface area contributed by atoms with Gasteiger partial charge in [0.05, 0.1) is 0 Å². The molecular formula is C12H14F. The number of hydrogen-bond acceptors (Lipinski definition) is 0. The molecule has 0 saturated carbocycles. The molecule has 0 bridgehead atoms. The van der Waals surface area contributed by atoms with Gasteiger partial charge >= 0.3 is 0 Å². The zero-order valence-corrected chi connectivity index (χ0v) is 7.89. The van der Waals surface area contributed by atoms with Crippen LogP contribution in [0.4, 0.5) is 4.39 Å². The van der Waals surface area contributed by atoms with Gasteiger partial charge in [0.15, 0.2) is 0 Å². The summed E-state index contributed by atoms with van der Waals surface area (Å²) >= 11 is 0. The zero-order valence-electron chi connectivity index (χ0n) is 7.89. The Morgan fingerprint density at radius 3 is 2.77 bits per heavy atom. The van der Waals surface area contributed by atoms with Gasteiger partial charge in [-0.3, -0.25) is 0 Å². The van der Waals surface area contributed by atoms with Crippen molar-refractivity contribution in [2.75, 3.05) is 0 Å². The topological polar surface area (TPSA) is 0 Å². The van der Waals surface area contributed by atoms with E-state index in [1.165, 1.54) is 6.07 Å². The molecule has 69 valence electrons. The normalized spacial score (nSPS) is 12.5. The molecule has 1 radical (unpaired) electrons. The molecule has 0 aliphatic rings. The van der Waals surface area contributed by atoms with Crippen molar-refractivity contribution in [1.82, 2.24) is 0 Å². The van der Waals surface area contributed by atoms with Crippen molar-refractivity contribution in [2.45, 2.75) is 19.3 Å². The highest BCUT2D eigenvalue weighted by Crippen LogP contribution is 2.19. The molecule has 1 atom stereocenters. The molecule has 1 rings (SSSR count). The second-order valence-corrected chi connectivity index (χ2v) is 3.05. The smallest absolute Gasteiger partial charge is 0.126 e. The third kappa shape index (κ3) is 2.18. The van der Waals surface area contributed by atoms with Crippen LogP contribution in [0.1, 0.15) is 24.0 Å². The molecule has 0 spiro atoms. The quantitative estimate of drug-likeness (QED) is 0.620. The molecular weight excluding hydrogens is 163 g/mol. The first-order valence-corrected chi connectivity index (χ1v) is 4.43. The SMILES string of the molecule is [CH2]C(C=C)c1ccc(F)c(CC)c1. The van der Waals surface area contributed by atoms with Crippen molar-refractivity contribution >= 4 is 0 Å². The van der Waals surface area contributed by atoms with Gasteiger partial charge in [-0.05, 0) is 30.5 Å². The van der Waals surface area contributed by atoms with Gasteiger partial charge in [-0.25, -0.2) is 4.39 Å². The number of halogens is 1. The van der Waals surface area contributed by atoms with Crippen molar-refractivity contribution in [3.05, 3.63) is 54.7 Å². The van der Waals surface area contributed by atoms with Gasteiger partial charge in [0.25, 0.3) is 0 Å². The van der Waals surface area contributed by atoms with E-state index in [0.29, 0.717) is 6.42 Å². The summed E-state index contributed by atoms with van der Waals surface area (Å²) in [5, 5.41) is 0. The molecule has 0 nitrogen and oxygen atoms in total. The van der Waals surface area contributed by atoms with E-state index in [4.69, 9.17) is 0 Å². The summed E-state index contributed by atoms with van der Waals surface area (Å²) in [5.74, 6) is -0.0894. The second-order valence-electron chi connectivity index (χ2n) is 3.05. The van der Waals surface area contributed by atoms with Gasteiger partial charge in [0.2, 0.25) is 0 Å². The van der Waals surface area contributed by atoms with Crippen LogP contribution in [-0.2, 0) is 6.42 Å². The molecule has 0 fully saturated rings. The van der Waals surface area contributed by atoms with Gasteiger partial charge in [-0.15, -0.1) is 6.58 Å². The van der Waals surface area contributed by atoms with Crippen LogP contribution in [0, 0.1) is 12.7 Å². The number of benzene rings is 1. The highest BCUT2D eigenvalue weighted by atomic mass is 19.1. The third-order valence-corrected chi connectivity index (χ3v) is 2.16. The summed E-state index contributed by atoms with van der Waals surface area (Å²) in [5.41, 5.74) is 1.77. The molecule has 0 aromatic heterocycles. The van der Waals surface area contributed by atoms with Gasteiger partial charge in [0, 0.05) is 5.92 Å². The van der Waals surface area contributed by atoms with E-state index in [1.54, 1.807) is 12.1 Å². The fourth-order valence-electron chi connectivity index (χ4n) is 1.23. The van der Waals surface area contributed by atoms with E-state index in [2.05, 4.69) is 13.5 Å². The Hall–Kier alpha value is -1.11. The summed E-state index contributed by atoms with van der Waals surface area (Å²) in [6.45, 7) is 9.49. The number of rotatable bonds is 3. The fraction of sp³-hybridized carbons (Fsp3) is 0.250. The van der Waals surface area contributed by atoms with Crippen molar-refractivity contribution in [2.24, 2.45) is 0 Å². The third-order valence-electron chi connectivity index (χ3n) is 2.16. The molecule has 0 N–H and O–H groups in total. The molecule has 1 unspecified atom stereocenters. The lowest BCUT2D eigenvalue weighted by Crippen LogP contribution is -1.94. The standard InChI is InChI=1S/C12H14F/c1-4-9(3)11-6-7-12(13)10(5-2)8-11/h4,6-9H,1,3,5H2,2H3. The molecule has 1 aromatic rings. The predicted octanol–water partition coefficient (Wildman–Crippen LogP) is 3.49. The van der Waals surface area contributed by atoms with E-state index in [1.807, 2.05) is 13.0 Å². The molecule has 13 heavy (non-hydrogen) atoms. The summed E-state index contributed by atoms with van der Waals surface area (Å²) < 4.78 is 13.1. The monoisotopic (exact) mass is 177 g/mol. The minimum absolute atomic E-state index is 0.0471. The molecule has 0 heterocycles. The lowest BCUT2D eigenvalue weighted by Gasteiger charge is -2.08. The van der Waals surface area contributed by atoms with Gasteiger partial charge < -0.3 is 0 Å². The van der Waals surface area contributed by atoms with Crippen LogP contribution in [0.3, 0.4) is 0 Å². The average Bonchev–Trinajstić information content (AvgIpc) is 2.17. The Labute approximate surface area is 79.1 Å². The minimum Gasteiger partial charge on any atom is -0.207 e. The lowest BCUT2D eigenvalue weighted by atomic mass is 9.98. The molecule has 1 heteroatoms. The number of aryl methyl sites for hydroxylation is 1. The average molecular weight is 177 g/mol. The predicted molar refractivity (Wildman–Crippen MR) is 54.1 cm³/mol. The maximum Gasteiger partial charge on any atom is 0.126 e. The summed E-state index contributed by atoms with van der Waals surface area (Å²) in [6.07, 6.45) is 2.47. The highest BCUT2D eigenvalue weighted by Gasteiger charge is 2.04. The van der Waals surface area contributed by atoms with Crippen LogP contribution < -0.4 is 0 Å². The Bertz CT molecular complexity index is 302. The van der Waals surface area contributed by atoms with Crippen molar-refractivity contribution in [3.63, 3.8) is 0 Å². The summed E-state index contributed by atoms with van der Waals surface area (Å²) in [7, 11) is 0. The van der Waals surface area contributed by atoms with Crippen LogP contribution >= 0.6 is 0 Å². The zero-order chi connectivity index (χ0) is 9.84. The maximum absolute atomic E-state index is 13.1. The lowest BCUT2D eigenvalue weighted by molar-refractivity contribution is 0.611. The summed E-state index contributed by atoms with van der Waals surface area (Å²) in [6, 6.07) is 5.11. The van der Waals surface area contributed by atoms with E-state index in [-0.39, 0.29) is 11.7 Å². The van der Waals surface area contributed by atoms with E-state index in [9.17, 15) is 4.39 Å². The second kappa shape index (κ2) is 4.22. The maximum atomic E-state index is 13.1. The first-order valence-electron chi connectivity index (χ1n) is 4.43. The van der Waals surface area contributed by atoms with Crippen LogP contribution in [0.2, 0.25) is 0 Å². The number of allylic oxidation sites excluding steroid dienone is 1. The first-order chi connectivity index (χ1) is 6.19. The van der Waals surface area contributed by atoms with Crippen molar-refractivity contribution < 1.29 is 4.39 Å². The van der Waals surface area contributed by atoms with Crippen LogP contribution in [-0.4, -0.2) is 0 Å². The van der Waals surface area contributed by atoms with Crippen molar-refractivity contribution in [3.8, 4) is 0 Å². The molecule has 1 aromatic carbocycles. The summed E-state index contributed by atoms with van der Waals surface area (Å²) in [4.78, 5) is 0. The first kappa shape index (κ1) is 9.97. The Morgan fingerprint density at radius 1 is 1.54 bits per heavy atom.